The van der Waals surface area contributed by atoms with Crippen molar-refractivity contribution in [2.75, 3.05) is 0 Å². The topological polar surface area (TPSA) is 65.5 Å². The quantitative estimate of drug-likeness (QED) is 0.220. The number of pyridine rings is 1. The monoisotopic (exact) mass is 523 g/mol. The van der Waals surface area contributed by atoms with Crippen LogP contribution in [0.4, 0.5) is 39.5 Å². The van der Waals surface area contributed by atoms with Crippen molar-refractivity contribution in [3.8, 4) is 11.5 Å². The van der Waals surface area contributed by atoms with Crippen molar-refractivity contribution in [2.45, 2.75) is 18.5 Å². The van der Waals surface area contributed by atoms with Gasteiger partial charge in [0.1, 0.15) is 22.9 Å². The van der Waals surface area contributed by atoms with Gasteiger partial charge in [0.25, 0.3) is 0 Å². The highest BCUT2D eigenvalue weighted by Crippen LogP contribution is 2.34. The Morgan fingerprint density at radius 1 is 0.556 bits per heavy atom. The Bertz CT molecular complexity index is 1210. The third kappa shape index (κ3) is 6.52. The zero-order valence-electron chi connectivity index (χ0n) is 17.3. The van der Waals surface area contributed by atoms with E-state index in [-0.39, 0.29) is 12.1 Å². The minimum absolute atomic E-state index is 0.178. The molecule has 0 amide bonds. The number of aromatic nitrogens is 1. The summed E-state index contributed by atoms with van der Waals surface area (Å²) in [6, 6.07) is 6.08. The van der Waals surface area contributed by atoms with Gasteiger partial charge in [0.2, 0.25) is 0 Å². The van der Waals surface area contributed by atoms with E-state index in [4.69, 9.17) is 0 Å². The third-order valence-electron chi connectivity index (χ3n) is 4.31. The lowest BCUT2D eigenvalue weighted by Crippen LogP contribution is -2.19. The van der Waals surface area contributed by atoms with E-state index in [1.165, 1.54) is 0 Å². The second kappa shape index (κ2) is 9.51. The number of halogens is 9. The predicted molar refractivity (Wildman–Crippen MR) is 102 cm³/mol. The normalized spacial score (nSPS) is 12.2. The summed E-state index contributed by atoms with van der Waals surface area (Å²) in [5.41, 5.74) is -6.26. The van der Waals surface area contributed by atoms with Gasteiger partial charge >= 0.3 is 30.5 Å². The summed E-state index contributed by atoms with van der Waals surface area (Å²) in [5.74, 6) is -4.65. The number of hydrogen-bond acceptors (Lipinski definition) is 5. The van der Waals surface area contributed by atoms with E-state index in [1.807, 2.05) is 0 Å². The Balaban J connectivity index is 1.93. The van der Waals surface area contributed by atoms with Crippen LogP contribution in [0.25, 0.3) is 0 Å². The molecule has 1 heterocycles. The number of rotatable bonds is 4. The molecule has 0 N–H and O–H groups in total. The largest absolute Gasteiger partial charge is 0.422 e. The highest BCUT2D eigenvalue weighted by molar-refractivity contribution is 5.93. The maximum absolute atomic E-state index is 13.3. The molecule has 3 rings (SSSR count). The Hall–Kier alpha value is -4.10. The second-order valence-corrected chi connectivity index (χ2v) is 6.95. The van der Waals surface area contributed by atoms with E-state index >= 15 is 0 Å². The molecule has 0 aliphatic rings. The van der Waals surface area contributed by atoms with Crippen LogP contribution < -0.4 is 9.47 Å². The summed E-state index contributed by atoms with van der Waals surface area (Å²) in [4.78, 5) is 28.1. The average molecular weight is 523 g/mol. The molecule has 1 aromatic heterocycles. The maximum Gasteiger partial charge on any atom is 0.416 e. The molecule has 0 atom stereocenters. The Morgan fingerprint density at radius 3 is 1.25 bits per heavy atom. The minimum atomic E-state index is -5.13. The Kier molecular flexibility index (Phi) is 7.00. The van der Waals surface area contributed by atoms with E-state index in [2.05, 4.69) is 14.5 Å². The molecule has 0 radical (unpaired) electrons. The van der Waals surface area contributed by atoms with Crippen LogP contribution in [0.3, 0.4) is 0 Å². The first-order chi connectivity index (χ1) is 16.5. The molecule has 3 aromatic rings. The Morgan fingerprint density at radius 2 is 0.917 bits per heavy atom. The van der Waals surface area contributed by atoms with Gasteiger partial charge in [0.05, 0.1) is 16.7 Å². The fraction of sp³-hybridized carbons (Fsp3) is 0.136. The number of nitrogens with zero attached hydrogens (tertiary/aromatic N) is 1. The first-order valence-electron chi connectivity index (χ1n) is 9.42. The second-order valence-electron chi connectivity index (χ2n) is 6.95. The van der Waals surface area contributed by atoms with E-state index < -0.39 is 70.0 Å². The lowest BCUT2D eigenvalue weighted by atomic mass is 10.1. The number of alkyl halides is 9. The first kappa shape index (κ1) is 26.5. The van der Waals surface area contributed by atoms with Crippen molar-refractivity contribution in [1.82, 2.24) is 4.98 Å². The number of ether oxygens (including phenoxy) is 2. The number of hydrogen-bond donors (Lipinski definition) is 0. The molecule has 0 aliphatic heterocycles. The number of carbonyl (C=O) groups excluding carboxylic acids is 2. The van der Waals surface area contributed by atoms with Crippen molar-refractivity contribution in [2.24, 2.45) is 0 Å². The fourth-order valence-electron chi connectivity index (χ4n) is 2.69. The van der Waals surface area contributed by atoms with Crippen LogP contribution in [0.15, 0.2) is 60.7 Å². The highest BCUT2D eigenvalue weighted by atomic mass is 19.4. The molecule has 0 unspecified atom stereocenters. The van der Waals surface area contributed by atoms with Gasteiger partial charge in [-0.2, -0.15) is 39.5 Å². The Labute approximate surface area is 195 Å². The molecule has 0 spiro atoms. The van der Waals surface area contributed by atoms with Crippen LogP contribution >= 0.6 is 0 Å². The lowest BCUT2D eigenvalue weighted by molar-refractivity contribution is -0.138. The zero-order valence-corrected chi connectivity index (χ0v) is 17.3. The first-order valence-corrected chi connectivity index (χ1v) is 9.42. The van der Waals surface area contributed by atoms with Gasteiger partial charge in [-0.25, -0.2) is 14.6 Å². The van der Waals surface area contributed by atoms with Crippen molar-refractivity contribution < 1.29 is 58.6 Å². The lowest BCUT2D eigenvalue weighted by Gasteiger charge is -2.12. The van der Waals surface area contributed by atoms with Crippen LogP contribution in [0, 0.1) is 0 Å². The van der Waals surface area contributed by atoms with E-state index in [0.717, 1.165) is 24.3 Å². The van der Waals surface area contributed by atoms with Crippen molar-refractivity contribution in [3.63, 3.8) is 0 Å². The van der Waals surface area contributed by atoms with E-state index in [0.29, 0.717) is 24.3 Å². The molecule has 0 saturated carbocycles. The van der Waals surface area contributed by atoms with Crippen LogP contribution in [0.1, 0.15) is 37.7 Å². The SMILES string of the molecule is O=C(Oc1cccc(C(F)(F)F)c1)c1cc(C(F)(F)F)cc(C(=O)Oc2cccc(C(F)(F)F)c2)n1. The molecule has 190 valence electrons. The number of esters is 2. The minimum Gasteiger partial charge on any atom is -0.422 e. The number of benzene rings is 2. The number of carbonyl (C=O) groups is 2. The molecule has 36 heavy (non-hydrogen) atoms. The molecule has 0 saturated heterocycles. The van der Waals surface area contributed by atoms with E-state index in [9.17, 15) is 49.1 Å². The van der Waals surface area contributed by atoms with Gasteiger partial charge in [-0.3, -0.25) is 0 Å². The summed E-state index contributed by atoms with van der Waals surface area (Å²) >= 11 is 0. The molecule has 0 bridgehead atoms. The fourth-order valence-corrected chi connectivity index (χ4v) is 2.69. The highest BCUT2D eigenvalue weighted by Gasteiger charge is 2.35. The zero-order chi connectivity index (χ0) is 26.9. The summed E-state index contributed by atoms with van der Waals surface area (Å²) in [7, 11) is 0. The molecule has 0 aliphatic carbocycles. The molecular weight excluding hydrogens is 513 g/mol. The smallest absolute Gasteiger partial charge is 0.416 e. The van der Waals surface area contributed by atoms with Gasteiger partial charge < -0.3 is 9.47 Å². The third-order valence-corrected chi connectivity index (χ3v) is 4.31. The van der Waals surface area contributed by atoms with Crippen molar-refractivity contribution in [3.05, 3.63) is 88.7 Å². The molecule has 14 heteroatoms. The predicted octanol–water partition coefficient (Wildman–Crippen LogP) is 6.58. The van der Waals surface area contributed by atoms with Crippen LogP contribution in [-0.4, -0.2) is 16.9 Å². The summed E-state index contributed by atoms with van der Waals surface area (Å²) < 4.78 is 126. The van der Waals surface area contributed by atoms with Gasteiger partial charge in [-0.05, 0) is 48.5 Å². The molecular formula is C22H10F9NO4. The van der Waals surface area contributed by atoms with Crippen LogP contribution in [0.5, 0.6) is 11.5 Å². The summed E-state index contributed by atoms with van der Waals surface area (Å²) in [5, 5.41) is 0. The average Bonchev–Trinajstić information content (AvgIpc) is 2.77. The van der Waals surface area contributed by atoms with E-state index in [1.54, 1.807) is 0 Å². The van der Waals surface area contributed by atoms with Gasteiger partial charge in [0.15, 0.2) is 0 Å². The van der Waals surface area contributed by atoms with Gasteiger partial charge in [0, 0.05) is 0 Å². The molecule has 2 aromatic carbocycles. The van der Waals surface area contributed by atoms with Gasteiger partial charge in [-0.1, -0.05) is 12.1 Å². The standard InChI is InChI=1S/C22H10F9NO4/c23-20(24,25)11-3-1-5-14(7-11)35-18(33)16-9-13(22(29,30)31)10-17(32-16)19(34)36-15-6-2-4-12(8-15)21(26,27)28/h1-10H. The van der Waals surface area contributed by atoms with Crippen molar-refractivity contribution >= 4 is 11.9 Å². The van der Waals surface area contributed by atoms with Crippen LogP contribution in [0.2, 0.25) is 0 Å². The summed E-state index contributed by atoms with van der Waals surface area (Å²) in [6.45, 7) is 0. The van der Waals surface area contributed by atoms with Crippen LogP contribution in [-0.2, 0) is 18.5 Å². The maximum atomic E-state index is 13.3. The van der Waals surface area contributed by atoms with Crippen molar-refractivity contribution in [1.29, 1.82) is 0 Å². The molecule has 0 fully saturated rings. The van der Waals surface area contributed by atoms with Gasteiger partial charge in [-0.15, -0.1) is 0 Å². The molecule has 5 nitrogen and oxygen atoms in total. The summed E-state index contributed by atoms with van der Waals surface area (Å²) in [6.07, 6.45) is -14.7.